The molecule has 0 amide bonds. The number of likely N-dealkylation sites (tertiary alicyclic amines) is 1. The summed E-state index contributed by atoms with van der Waals surface area (Å²) >= 11 is 0. The second-order valence-corrected chi connectivity index (χ2v) is 17.2. The van der Waals surface area contributed by atoms with Gasteiger partial charge in [-0.05, 0) is 161 Å². The summed E-state index contributed by atoms with van der Waals surface area (Å²) in [4.78, 5) is 19.8. The van der Waals surface area contributed by atoms with Crippen molar-refractivity contribution in [2.75, 3.05) is 43.9 Å². The number of benzene rings is 6. The van der Waals surface area contributed by atoms with Gasteiger partial charge in [-0.15, -0.1) is 0 Å². The van der Waals surface area contributed by atoms with E-state index in [1.165, 1.54) is 0 Å². The zero-order valence-electron chi connectivity index (χ0n) is 38.0. The van der Waals surface area contributed by atoms with Crippen LogP contribution in [0.5, 0.6) is 23.0 Å². The Morgan fingerprint density at radius 2 is 1.16 bits per heavy atom. The fraction of sp³-hybridized carbons (Fsp3) is 0.214. The zero-order valence-corrected chi connectivity index (χ0v) is 38.0. The second-order valence-electron chi connectivity index (χ2n) is 17.2. The monoisotopic (exact) mass is 900 g/mol. The average molecular weight is 901 g/mol. The highest BCUT2D eigenvalue weighted by Crippen LogP contribution is 2.31. The van der Waals surface area contributed by atoms with Crippen LogP contribution >= 0.6 is 0 Å². The van der Waals surface area contributed by atoms with Crippen molar-refractivity contribution in [2.24, 2.45) is 0 Å². The van der Waals surface area contributed by atoms with Crippen molar-refractivity contribution in [1.82, 2.24) is 30.2 Å². The van der Waals surface area contributed by atoms with Crippen LogP contribution < -0.4 is 25.4 Å². The Labute approximate surface area is 396 Å². The molecule has 2 fully saturated rings. The van der Waals surface area contributed by atoms with E-state index in [2.05, 4.69) is 64.5 Å². The number of aliphatic hydroxyl groups is 2. The smallest absolute Gasteiger partial charge is 0.141 e. The van der Waals surface area contributed by atoms with E-state index in [-0.39, 0.29) is 0 Å². The number of aryl methyl sites for hydroxylation is 1. The van der Waals surface area contributed by atoms with Gasteiger partial charge in [-0.2, -0.15) is 0 Å². The summed E-state index contributed by atoms with van der Waals surface area (Å²) in [6.45, 7) is 4.98. The molecule has 4 heterocycles. The number of β-amino-alcohol motifs (C(OH)–C–C–N with tert-alkyl or cyclic N) is 2. The predicted octanol–water partition coefficient (Wildman–Crippen LogP) is 9.91. The molecule has 0 saturated carbocycles. The Morgan fingerprint density at radius 1 is 0.603 bits per heavy atom. The van der Waals surface area contributed by atoms with Gasteiger partial charge in [-0.1, -0.05) is 60.1 Å². The van der Waals surface area contributed by atoms with Crippen molar-refractivity contribution in [1.29, 1.82) is 0 Å². The largest absolute Gasteiger partial charge is 0.457 e. The number of hydrogen-bond donors (Lipinski definition) is 5. The Hall–Kier alpha value is -7.84. The van der Waals surface area contributed by atoms with Gasteiger partial charge in [-0.25, -0.2) is 19.9 Å². The van der Waals surface area contributed by atoms with E-state index in [4.69, 9.17) is 9.47 Å². The summed E-state index contributed by atoms with van der Waals surface area (Å²) in [6.07, 6.45) is 6.32. The molecule has 2 atom stereocenters. The van der Waals surface area contributed by atoms with E-state index >= 15 is 0 Å². The highest BCUT2D eigenvalue weighted by Gasteiger charge is 2.30. The van der Waals surface area contributed by atoms with Gasteiger partial charge in [-0.3, -0.25) is 0 Å². The topological polar surface area (TPSA) is 150 Å². The van der Waals surface area contributed by atoms with E-state index < -0.39 is 11.2 Å². The van der Waals surface area contributed by atoms with Crippen molar-refractivity contribution in [3.05, 3.63) is 169 Å². The van der Waals surface area contributed by atoms with Gasteiger partial charge in [0, 0.05) is 46.4 Å². The molecule has 0 bridgehead atoms. The van der Waals surface area contributed by atoms with E-state index in [0.717, 1.165) is 98.8 Å². The minimum absolute atomic E-state index is 0.493. The van der Waals surface area contributed by atoms with E-state index in [9.17, 15) is 10.2 Å². The van der Waals surface area contributed by atoms with Crippen molar-refractivity contribution >= 4 is 44.8 Å². The Bertz CT molecular complexity index is 3140. The molecule has 2 aromatic heterocycles. The first-order valence-electron chi connectivity index (χ1n) is 22.7. The van der Waals surface area contributed by atoms with Crippen molar-refractivity contribution in [3.8, 4) is 46.7 Å². The van der Waals surface area contributed by atoms with Crippen LogP contribution in [0.15, 0.2) is 152 Å². The molecular weight excluding hydrogens is 849 g/mol. The van der Waals surface area contributed by atoms with Crippen LogP contribution in [-0.2, 0) is 0 Å². The molecule has 0 spiro atoms. The number of nitrogens with one attached hydrogen (secondary N) is 3. The number of anilines is 4. The molecule has 2 aliphatic rings. The van der Waals surface area contributed by atoms with Crippen LogP contribution in [0.3, 0.4) is 0 Å². The maximum atomic E-state index is 10.8. The molecule has 5 N–H and O–H groups in total. The lowest BCUT2D eigenvalue weighted by atomic mass is 9.93. The van der Waals surface area contributed by atoms with E-state index in [0.29, 0.717) is 37.6 Å². The molecule has 2 unspecified atom stereocenters. The molecule has 8 aromatic rings. The van der Waals surface area contributed by atoms with E-state index in [1.807, 2.05) is 153 Å². The number of rotatable bonds is 8. The van der Waals surface area contributed by atoms with Gasteiger partial charge >= 0.3 is 0 Å². The lowest BCUT2D eigenvalue weighted by molar-refractivity contribution is 0.0263. The molecule has 6 aromatic carbocycles. The third kappa shape index (κ3) is 11.8. The van der Waals surface area contributed by atoms with Gasteiger partial charge in [0.2, 0.25) is 0 Å². The lowest BCUT2D eigenvalue weighted by Crippen LogP contribution is -2.45. The van der Waals surface area contributed by atoms with Crippen molar-refractivity contribution in [2.45, 2.75) is 43.8 Å². The number of para-hydroxylation sites is 2. The number of nitrogens with zero attached hydrogens (tertiary/aromatic N) is 5. The summed E-state index contributed by atoms with van der Waals surface area (Å²) < 4.78 is 11.9. The highest BCUT2D eigenvalue weighted by atomic mass is 16.5. The van der Waals surface area contributed by atoms with Crippen LogP contribution in [0, 0.1) is 30.6 Å². The van der Waals surface area contributed by atoms with E-state index in [1.54, 1.807) is 12.7 Å². The third-order valence-corrected chi connectivity index (χ3v) is 11.7. The molecule has 2 aliphatic heterocycles. The van der Waals surface area contributed by atoms with Crippen LogP contribution in [0.1, 0.15) is 42.4 Å². The summed E-state index contributed by atoms with van der Waals surface area (Å²) in [5.41, 5.74) is 4.11. The van der Waals surface area contributed by atoms with Crippen LogP contribution in [0.4, 0.5) is 23.0 Å². The number of aromatic nitrogens is 4. The average Bonchev–Trinajstić information content (AvgIpc) is 3.35. The fourth-order valence-electron chi connectivity index (χ4n) is 8.15. The van der Waals surface area contributed by atoms with Gasteiger partial charge in [0.1, 0.15) is 58.5 Å². The number of likely N-dealkylation sites (N-methyl/N-ethyl adjacent to an activating group) is 1. The van der Waals surface area contributed by atoms with Gasteiger partial charge < -0.3 is 40.5 Å². The van der Waals surface area contributed by atoms with Crippen LogP contribution in [-0.4, -0.2) is 79.5 Å². The molecule has 10 rings (SSSR count). The number of ether oxygens (including phenoxy) is 2. The van der Waals surface area contributed by atoms with Crippen LogP contribution in [0.2, 0.25) is 0 Å². The molecular formula is C56H52N8O4. The first-order valence-corrected chi connectivity index (χ1v) is 22.7. The predicted molar refractivity (Wildman–Crippen MR) is 269 cm³/mol. The Balaban J connectivity index is 0.000000170. The quantitative estimate of drug-likeness (QED) is 0.0925. The Morgan fingerprint density at radius 3 is 1.75 bits per heavy atom. The summed E-state index contributed by atoms with van der Waals surface area (Å²) in [5.74, 6) is 17.0. The molecule has 12 nitrogen and oxygen atoms in total. The van der Waals surface area contributed by atoms with Crippen molar-refractivity contribution in [3.63, 3.8) is 0 Å². The fourth-order valence-corrected chi connectivity index (χ4v) is 8.15. The SMILES string of the molecule is CN1CCCC(O)(C#Cc2ccc3ncnc(Nc4ccc(Oc5ccccc5)cc4)c3c2)C1.Cc1cc(Nc2ncnc3ccc(C#CC4(O)CCCNC4)cc23)ccc1Oc1ccccc1. The number of fused-ring (bicyclic) bond motifs is 2. The first kappa shape index (κ1) is 45.3. The molecule has 0 radical (unpaired) electrons. The zero-order chi connectivity index (χ0) is 46.8. The minimum atomic E-state index is -0.984. The van der Waals surface area contributed by atoms with Crippen molar-refractivity contribution < 1.29 is 19.7 Å². The maximum absolute atomic E-state index is 10.8. The standard InChI is InChI=1S/2C28H26N4O2/c1-32-17-5-15-28(33,19-32)16-14-21-8-13-26-25(18-21)27(30-20-29-26)31-22-9-11-24(12-10-22)34-23-6-3-2-4-7-23;1-20-16-22(9-11-26(20)34-23-6-3-2-4-7-23)32-27-24-17-21(8-10-25(24)30-19-31-27)12-14-28(33)13-5-15-29-18-28/h2-4,6-13,18,20,33H,5,15,17,19H2,1H3,(H,29,30,31);2-4,6-11,16-17,19,29,33H,5,13,15,18H2,1H3,(H,30,31,32). The minimum Gasteiger partial charge on any atom is -0.457 e. The summed E-state index contributed by atoms with van der Waals surface area (Å²) in [6, 6.07) is 44.7. The molecule has 340 valence electrons. The molecule has 2 saturated heterocycles. The number of hydrogen-bond acceptors (Lipinski definition) is 12. The molecule has 0 aliphatic carbocycles. The van der Waals surface area contributed by atoms with Gasteiger partial charge in [0.15, 0.2) is 0 Å². The summed E-state index contributed by atoms with van der Waals surface area (Å²) in [7, 11) is 2.01. The lowest BCUT2D eigenvalue weighted by Gasteiger charge is -2.33. The molecule has 12 heteroatoms. The van der Waals surface area contributed by atoms with Gasteiger partial charge in [0.25, 0.3) is 0 Å². The molecule has 68 heavy (non-hydrogen) atoms. The highest BCUT2D eigenvalue weighted by molar-refractivity contribution is 5.92. The maximum Gasteiger partial charge on any atom is 0.141 e. The summed E-state index contributed by atoms with van der Waals surface area (Å²) in [5, 5.41) is 33.2. The second kappa shape index (κ2) is 20.8. The van der Waals surface area contributed by atoms with Gasteiger partial charge in [0.05, 0.1) is 11.0 Å². The Kier molecular flexibility index (Phi) is 13.8. The first-order chi connectivity index (χ1) is 33.1. The third-order valence-electron chi connectivity index (χ3n) is 11.7. The normalized spacial score (nSPS) is 17.9. The van der Waals surface area contributed by atoms with Crippen LogP contribution in [0.25, 0.3) is 21.8 Å². The number of piperidine rings is 2.